The zero-order valence-electron chi connectivity index (χ0n) is 2.38. The molecular formula is H8Al2O3Si2. The van der Waals surface area contributed by atoms with E-state index in [-0.39, 0.29) is 73.1 Å². The monoisotopic (exact) mass is 166 g/mol. The molecule has 0 fully saturated rings. The first-order chi connectivity index (χ1) is 0. The Hall–Kier alpha value is 1.38. The molecule has 0 aromatic heterocycles. The van der Waals surface area contributed by atoms with E-state index in [4.69, 9.17) is 0 Å². The van der Waals surface area contributed by atoms with Crippen LogP contribution in [0.15, 0.2) is 0 Å². The SMILES string of the molecule is [Al+3].[Al+3].[O-2].[O-2].[O-2].[SiH4].[SiH4]. The minimum absolute atomic E-state index is 0. The fraction of sp³-hybridized carbons (Fsp3) is 0. The summed E-state index contributed by atoms with van der Waals surface area (Å²) in [5.74, 6) is 0. The molecule has 0 rings (SSSR count). The van der Waals surface area contributed by atoms with E-state index in [0.717, 1.165) is 0 Å². The zero-order valence-corrected chi connectivity index (χ0v) is 4.69. The molecule has 0 aliphatic heterocycles. The third-order valence-corrected chi connectivity index (χ3v) is 0. The van der Waals surface area contributed by atoms with Crippen molar-refractivity contribution in [2.75, 3.05) is 0 Å². The van der Waals surface area contributed by atoms with Crippen molar-refractivity contribution in [3.8, 4) is 0 Å². The van der Waals surface area contributed by atoms with E-state index in [0.29, 0.717) is 0 Å². The molecule has 0 heterocycles. The molecule has 0 bridgehead atoms. The van der Waals surface area contributed by atoms with Gasteiger partial charge in [-0.1, -0.05) is 0 Å². The van der Waals surface area contributed by atoms with Gasteiger partial charge in [0.25, 0.3) is 0 Å². The average molecular weight is 166 g/mol. The first-order valence-electron chi connectivity index (χ1n) is 0. The molecule has 7 heavy (non-hydrogen) atoms. The van der Waals surface area contributed by atoms with Gasteiger partial charge in [-0.25, -0.2) is 0 Å². The molecular weight excluding hydrogens is 158 g/mol. The van der Waals surface area contributed by atoms with Crippen LogP contribution >= 0.6 is 0 Å². The summed E-state index contributed by atoms with van der Waals surface area (Å²) >= 11 is 0. The van der Waals surface area contributed by atoms with Crippen LogP contribution in [0, 0.1) is 0 Å². The number of hydrogen-bond donors (Lipinski definition) is 0. The first kappa shape index (κ1) is 240. The van der Waals surface area contributed by atoms with Crippen molar-refractivity contribution < 1.29 is 16.4 Å². The summed E-state index contributed by atoms with van der Waals surface area (Å²) in [7, 11) is 0. The minimum atomic E-state index is 0. The van der Waals surface area contributed by atoms with Crippen LogP contribution in [0.5, 0.6) is 0 Å². The van der Waals surface area contributed by atoms with Crippen molar-refractivity contribution in [2.24, 2.45) is 0 Å². The Bertz CT molecular complexity index is 10.9. The Morgan fingerprint density at radius 2 is 0.429 bits per heavy atom. The van der Waals surface area contributed by atoms with Gasteiger partial charge in [-0.05, 0) is 21.9 Å². The van der Waals surface area contributed by atoms with Gasteiger partial charge < -0.3 is 16.4 Å². The van der Waals surface area contributed by atoms with E-state index < -0.39 is 0 Å². The van der Waals surface area contributed by atoms with Gasteiger partial charge in [0.2, 0.25) is 0 Å². The Labute approximate surface area is 73.1 Å². The van der Waals surface area contributed by atoms with Gasteiger partial charge in [0.15, 0.2) is 0 Å². The van der Waals surface area contributed by atoms with Gasteiger partial charge in [0, 0.05) is 0 Å². The largest absolute Gasteiger partial charge is 3.00 e. The average Bonchev–Trinajstić information content (AvgIpc) is 0. The van der Waals surface area contributed by atoms with Crippen LogP contribution in [0.25, 0.3) is 0 Å². The Morgan fingerprint density at radius 1 is 0.429 bits per heavy atom. The molecule has 0 aliphatic rings. The van der Waals surface area contributed by atoms with E-state index >= 15 is 0 Å². The molecule has 0 aromatic rings. The maximum atomic E-state index is 0. The van der Waals surface area contributed by atoms with Gasteiger partial charge in [-0.2, -0.15) is 0 Å². The molecule has 0 unspecified atom stereocenters. The quantitative estimate of drug-likeness (QED) is 0.328. The van der Waals surface area contributed by atoms with E-state index in [9.17, 15) is 0 Å². The number of rotatable bonds is 0. The maximum absolute atomic E-state index is 0. The molecule has 0 aromatic carbocycles. The molecule has 7 heteroatoms. The summed E-state index contributed by atoms with van der Waals surface area (Å²) in [6.45, 7) is 0. The molecule has 0 aliphatic carbocycles. The van der Waals surface area contributed by atoms with Gasteiger partial charge in [0.1, 0.15) is 0 Å². The van der Waals surface area contributed by atoms with Crippen LogP contribution in [-0.4, -0.2) is 56.7 Å². The Morgan fingerprint density at radius 3 is 0.429 bits per heavy atom. The van der Waals surface area contributed by atoms with E-state index in [2.05, 4.69) is 0 Å². The number of hydrogen-bond acceptors (Lipinski definition) is 0. The van der Waals surface area contributed by atoms with Crippen LogP contribution in [0.1, 0.15) is 0 Å². The Balaban J connectivity index is 0. The summed E-state index contributed by atoms with van der Waals surface area (Å²) in [4.78, 5) is 0. The fourth-order valence-corrected chi connectivity index (χ4v) is 0. The molecule has 0 saturated heterocycles. The van der Waals surface area contributed by atoms with Crippen molar-refractivity contribution in [3.63, 3.8) is 0 Å². The van der Waals surface area contributed by atoms with Crippen LogP contribution in [0.3, 0.4) is 0 Å². The molecule has 40 valence electrons. The van der Waals surface area contributed by atoms with Gasteiger partial charge >= 0.3 is 34.7 Å². The third kappa shape index (κ3) is 112. The Kier molecular flexibility index (Phi) is 5420. The van der Waals surface area contributed by atoms with Crippen LogP contribution < -0.4 is 0 Å². The van der Waals surface area contributed by atoms with Crippen LogP contribution in [0.2, 0.25) is 0 Å². The minimum Gasteiger partial charge on any atom is -2.00 e. The smallest absolute Gasteiger partial charge is 2.00 e. The fourth-order valence-electron chi connectivity index (χ4n) is 0. The molecule has 0 radical (unpaired) electrons. The topological polar surface area (TPSA) is 85.5 Å². The summed E-state index contributed by atoms with van der Waals surface area (Å²) in [6, 6.07) is 0. The molecule has 0 amide bonds. The summed E-state index contributed by atoms with van der Waals surface area (Å²) < 4.78 is 0. The molecule has 0 saturated carbocycles. The standard InChI is InChI=1S/2Al.3O.2H4Si/h;;;;;2*1H4/q2*+3;3*-2;;. The molecule has 3 nitrogen and oxygen atoms in total. The van der Waals surface area contributed by atoms with Crippen LogP contribution in [-0.2, 0) is 16.4 Å². The van der Waals surface area contributed by atoms with E-state index in [1.54, 1.807) is 0 Å². The normalized spacial score (nSPS) is 0. The first-order valence-corrected chi connectivity index (χ1v) is 0. The maximum Gasteiger partial charge on any atom is 3.00 e. The van der Waals surface area contributed by atoms with Gasteiger partial charge in [-0.3, -0.25) is 0 Å². The van der Waals surface area contributed by atoms with Crippen molar-refractivity contribution in [1.29, 1.82) is 0 Å². The molecule has 0 atom stereocenters. The summed E-state index contributed by atoms with van der Waals surface area (Å²) in [6.07, 6.45) is 0. The second-order valence-corrected chi connectivity index (χ2v) is 0. The van der Waals surface area contributed by atoms with Gasteiger partial charge in [-0.15, -0.1) is 0 Å². The van der Waals surface area contributed by atoms with Crippen molar-refractivity contribution in [2.45, 2.75) is 0 Å². The summed E-state index contributed by atoms with van der Waals surface area (Å²) in [5, 5.41) is 0. The van der Waals surface area contributed by atoms with E-state index in [1.807, 2.05) is 0 Å². The zero-order chi connectivity index (χ0) is 0. The van der Waals surface area contributed by atoms with Crippen molar-refractivity contribution in [1.82, 2.24) is 0 Å². The second-order valence-electron chi connectivity index (χ2n) is 0. The molecule has 0 N–H and O–H groups in total. The van der Waals surface area contributed by atoms with E-state index in [1.165, 1.54) is 0 Å². The van der Waals surface area contributed by atoms with Crippen molar-refractivity contribution in [3.05, 3.63) is 0 Å². The summed E-state index contributed by atoms with van der Waals surface area (Å²) in [5.41, 5.74) is 0. The third-order valence-electron chi connectivity index (χ3n) is 0. The predicted octanol–water partition coefficient (Wildman–Crippen LogP) is -4.02. The van der Waals surface area contributed by atoms with Crippen molar-refractivity contribution >= 4 is 56.7 Å². The predicted molar refractivity (Wildman–Crippen MR) is 36.2 cm³/mol. The second kappa shape index (κ2) is 158. The molecule has 0 spiro atoms. The van der Waals surface area contributed by atoms with Gasteiger partial charge in [0.05, 0.1) is 0 Å². The van der Waals surface area contributed by atoms with Crippen LogP contribution in [0.4, 0.5) is 0 Å².